The number of ether oxygens (including phenoxy) is 1. The number of aromatic nitrogens is 1. The maximum absolute atomic E-state index is 5.62. The number of hydrogen-bond donors (Lipinski definition) is 1. The smallest absolute Gasteiger partial charge is 0.0897 e. The van der Waals surface area contributed by atoms with Gasteiger partial charge in [-0.1, -0.05) is 0 Å². The number of nitrogens with one attached hydrogen (secondary N) is 1. The molecule has 1 N–H and O–H groups in total. The second-order valence-electron chi connectivity index (χ2n) is 4.49. The van der Waals surface area contributed by atoms with Gasteiger partial charge in [-0.3, -0.25) is 0 Å². The van der Waals surface area contributed by atoms with Crippen LogP contribution >= 0.6 is 11.3 Å². The van der Waals surface area contributed by atoms with Gasteiger partial charge in [0.2, 0.25) is 0 Å². The van der Waals surface area contributed by atoms with E-state index in [2.05, 4.69) is 22.6 Å². The zero-order chi connectivity index (χ0) is 11.5. The average Bonchev–Trinajstić information content (AvgIpc) is 3.02. The van der Waals surface area contributed by atoms with Crippen LogP contribution in [0.25, 0.3) is 0 Å². The van der Waals surface area contributed by atoms with Crippen molar-refractivity contribution in [3.05, 3.63) is 16.1 Å². The molecule has 2 atom stereocenters. The van der Waals surface area contributed by atoms with Gasteiger partial charge in [0.15, 0.2) is 0 Å². The fourth-order valence-corrected chi connectivity index (χ4v) is 2.85. The molecule has 2 rings (SSSR count). The van der Waals surface area contributed by atoms with E-state index in [0.29, 0.717) is 12.1 Å². The minimum absolute atomic E-state index is 0.340. The molecule has 1 aliphatic carbocycles. The molecule has 0 spiro atoms. The van der Waals surface area contributed by atoms with Crippen LogP contribution in [-0.2, 0) is 11.2 Å². The highest BCUT2D eigenvalue weighted by atomic mass is 32.1. The zero-order valence-corrected chi connectivity index (χ0v) is 11.0. The van der Waals surface area contributed by atoms with E-state index in [-0.39, 0.29) is 0 Å². The topological polar surface area (TPSA) is 34.2 Å². The third-order valence-corrected chi connectivity index (χ3v) is 4.04. The minimum Gasteiger partial charge on any atom is -0.380 e. The van der Waals surface area contributed by atoms with Crippen molar-refractivity contribution in [2.24, 2.45) is 5.92 Å². The van der Waals surface area contributed by atoms with Gasteiger partial charge >= 0.3 is 0 Å². The van der Waals surface area contributed by atoms with Crippen molar-refractivity contribution in [3.63, 3.8) is 0 Å². The summed E-state index contributed by atoms with van der Waals surface area (Å²) in [5.41, 5.74) is 1.18. The molecule has 3 nitrogen and oxygen atoms in total. The summed E-state index contributed by atoms with van der Waals surface area (Å²) in [6, 6.07) is 0.388. The molecule has 4 heteroatoms. The first-order chi connectivity index (χ1) is 7.74. The fourth-order valence-electron chi connectivity index (χ4n) is 2.22. The number of hydrogen-bond acceptors (Lipinski definition) is 4. The number of likely N-dealkylation sites (N-methyl/N-ethyl adjacent to an activating group) is 1. The van der Waals surface area contributed by atoms with E-state index >= 15 is 0 Å². The molecule has 0 aromatic carbocycles. The molecule has 1 aromatic heterocycles. The lowest BCUT2D eigenvalue weighted by Gasteiger charge is -2.25. The summed E-state index contributed by atoms with van der Waals surface area (Å²) in [4.78, 5) is 4.52. The molecule has 16 heavy (non-hydrogen) atoms. The maximum atomic E-state index is 5.62. The van der Waals surface area contributed by atoms with Crippen LogP contribution < -0.4 is 5.32 Å². The van der Waals surface area contributed by atoms with Gasteiger partial charge in [0.05, 0.1) is 16.8 Å². The van der Waals surface area contributed by atoms with Gasteiger partial charge < -0.3 is 10.1 Å². The van der Waals surface area contributed by atoms with E-state index in [1.54, 1.807) is 11.3 Å². The van der Waals surface area contributed by atoms with Gasteiger partial charge in [-0.05, 0) is 32.7 Å². The number of methoxy groups -OCH3 is 1. The fraction of sp³-hybridized carbons (Fsp3) is 0.750. The molecule has 1 saturated carbocycles. The molecule has 1 fully saturated rings. The highest BCUT2D eigenvalue weighted by Gasteiger charge is 2.36. The molecular weight excluding hydrogens is 220 g/mol. The summed E-state index contributed by atoms with van der Waals surface area (Å²) in [5.74, 6) is 0.752. The molecule has 1 heterocycles. The normalized spacial score (nSPS) is 19.7. The first kappa shape index (κ1) is 12.0. The molecule has 90 valence electrons. The summed E-state index contributed by atoms with van der Waals surface area (Å²) in [5, 5.41) is 6.67. The third kappa shape index (κ3) is 2.81. The van der Waals surface area contributed by atoms with Crippen molar-refractivity contribution in [2.75, 3.05) is 14.2 Å². The maximum Gasteiger partial charge on any atom is 0.0897 e. The number of rotatable bonds is 6. The SMILES string of the molecule is CNC(Cc1csc(C)n1)C(OC)C1CC1. The summed E-state index contributed by atoms with van der Waals surface area (Å²) in [6.07, 6.45) is 3.93. The summed E-state index contributed by atoms with van der Waals surface area (Å²) in [6.45, 7) is 2.05. The molecular formula is C12H20N2OS. The van der Waals surface area contributed by atoms with Gasteiger partial charge in [-0.25, -0.2) is 4.98 Å². The van der Waals surface area contributed by atoms with Gasteiger partial charge in [0.25, 0.3) is 0 Å². The molecule has 0 saturated heterocycles. The predicted octanol–water partition coefficient (Wildman–Crippen LogP) is 2.01. The number of aryl methyl sites for hydroxylation is 1. The van der Waals surface area contributed by atoms with Crippen molar-refractivity contribution in [1.29, 1.82) is 0 Å². The minimum atomic E-state index is 0.340. The van der Waals surface area contributed by atoms with Gasteiger partial charge in [-0.2, -0.15) is 0 Å². The Morgan fingerprint density at radius 3 is 2.81 bits per heavy atom. The highest BCUT2D eigenvalue weighted by molar-refractivity contribution is 7.09. The lowest BCUT2D eigenvalue weighted by molar-refractivity contribution is 0.0532. The van der Waals surface area contributed by atoms with Crippen LogP contribution in [0.15, 0.2) is 5.38 Å². The Labute approximate surface area is 101 Å². The molecule has 0 bridgehead atoms. The van der Waals surface area contributed by atoms with Gasteiger partial charge in [0, 0.05) is 25.0 Å². The molecule has 1 aromatic rings. The van der Waals surface area contributed by atoms with Crippen LogP contribution in [0.3, 0.4) is 0 Å². The zero-order valence-electron chi connectivity index (χ0n) is 10.2. The Hall–Kier alpha value is -0.450. The van der Waals surface area contributed by atoms with Crippen LogP contribution in [0.1, 0.15) is 23.5 Å². The summed E-state index contributed by atoms with van der Waals surface area (Å²) >= 11 is 1.72. The standard InChI is InChI=1S/C12H20N2OS/c1-8-14-10(7-16-8)6-11(13-2)12(15-3)9-4-5-9/h7,9,11-13H,4-6H2,1-3H3. The largest absolute Gasteiger partial charge is 0.380 e. The second-order valence-corrected chi connectivity index (χ2v) is 5.56. The predicted molar refractivity (Wildman–Crippen MR) is 66.9 cm³/mol. The van der Waals surface area contributed by atoms with E-state index < -0.39 is 0 Å². The van der Waals surface area contributed by atoms with Crippen LogP contribution in [0, 0.1) is 12.8 Å². The Balaban J connectivity index is 1.98. The third-order valence-electron chi connectivity index (χ3n) is 3.22. The van der Waals surface area contributed by atoms with Gasteiger partial charge in [-0.15, -0.1) is 11.3 Å². The van der Waals surface area contributed by atoms with Crippen LogP contribution in [0.2, 0.25) is 0 Å². The Kier molecular flexibility index (Phi) is 3.95. The van der Waals surface area contributed by atoms with Crippen molar-refractivity contribution < 1.29 is 4.74 Å². The first-order valence-corrected chi connectivity index (χ1v) is 6.73. The van der Waals surface area contributed by atoms with Crippen molar-refractivity contribution in [3.8, 4) is 0 Å². The average molecular weight is 240 g/mol. The van der Waals surface area contributed by atoms with E-state index in [0.717, 1.165) is 17.3 Å². The monoisotopic (exact) mass is 240 g/mol. The van der Waals surface area contributed by atoms with Crippen molar-refractivity contribution in [1.82, 2.24) is 10.3 Å². The quantitative estimate of drug-likeness (QED) is 0.826. The Morgan fingerprint density at radius 1 is 1.62 bits per heavy atom. The van der Waals surface area contributed by atoms with Gasteiger partial charge in [0.1, 0.15) is 0 Å². The molecule has 0 aliphatic heterocycles. The van der Waals surface area contributed by atoms with Crippen molar-refractivity contribution in [2.45, 2.75) is 38.3 Å². The lowest BCUT2D eigenvalue weighted by Crippen LogP contribution is -2.42. The molecule has 1 aliphatic rings. The van der Waals surface area contributed by atoms with E-state index in [4.69, 9.17) is 4.74 Å². The molecule has 0 amide bonds. The van der Waals surface area contributed by atoms with Crippen molar-refractivity contribution >= 4 is 11.3 Å². The Morgan fingerprint density at radius 2 is 2.38 bits per heavy atom. The van der Waals surface area contributed by atoms with Crippen LogP contribution in [0.4, 0.5) is 0 Å². The molecule has 0 radical (unpaired) electrons. The second kappa shape index (κ2) is 5.25. The van der Waals surface area contributed by atoms with Crippen LogP contribution in [0.5, 0.6) is 0 Å². The summed E-state index contributed by atoms with van der Waals surface area (Å²) in [7, 11) is 3.83. The van der Waals surface area contributed by atoms with E-state index in [9.17, 15) is 0 Å². The Bertz CT molecular complexity index is 336. The van der Waals surface area contributed by atoms with E-state index in [1.807, 2.05) is 14.2 Å². The van der Waals surface area contributed by atoms with E-state index in [1.165, 1.54) is 18.5 Å². The molecule has 2 unspecified atom stereocenters. The highest BCUT2D eigenvalue weighted by Crippen LogP contribution is 2.36. The number of nitrogens with zero attached hydrogens (tertiary/aromatic N) is 1. The lowest BCUT2D eigenvalue weighted by atomic mass is 10.0. The summed E-state index contributed by atoms with van der Waals surface area (Å²) < 4.78 is 5.62. The number of thiazole rings is 1. The first-order valence-electron chi connectivity index (χ1n) is 5.85. The van der Waals surface area contributed by atoms with Crippen LogP contribution in [-0.4, -0.2) is 31.3 Å².